The van der Waals surface area contributed by atoms with Crippen molar-refractivity contribution in [2.24, 2.45) is 0 Å². The van der Waals surface area contributed by atoms with Crippen LogP contribution in [0.15, 0.2) is 67.5 Å². The number of nitrogens with one attached hydrogen (secondary N) is 1. The van der Waals surface area contributed by atoms with E-state index in [9.17, 15) is 4.79 Å². The Hall–Kier alpha value is -4.14. The third-order valence-corrected chi connectivity index (χ3v) is 4.60. The molecule has 0 spiro atoms. The Bertz CT molecular complexity index is 1190. The van der Waals surface area contributed by atoms with Crippen molar-refractivity contribution in [3.63, 3.8) is 0 Å². The number of hydrogen-bond acceptors (Lipinski definition) is 7. The van der Waals surface area contributed by atoms with Crippen molar-refractivity contribution in [3.05, 3.63) is 73.1 Å². The molecule has 0 bridgehead atoms. The molecule has 9 heteroatoms. The number of carbonyl (C=O) groups is 1. The average Bonchev–Trinajstić information content (AvgIpc) is 3.51. The normalized spacial score (nSPS) is 13.1. The van der Waals surface area contributed by atoms with Crippen molar-refractivity contribution in [3.8, 4) is 23.0 Å². The Labute approximate surface area is 171 Å². The first-order valence-electron chi connectivity index (χ1n) is 9.47. The van der Waals surface area contributed by atoms with Crippen LogP contribution < -0.4 is 10.1 Å². The maximum atomic E-state index is 12.7. The minimum Gasteiger partial charge on any atom is -0.454 e. The number of anilines is 1. The second-order valence-electron chi connectivity index (χ2n) is 6.86. The smallest absolute Gasteiger partial charge is 0.256 e. The molecule has 1 amide bonds. The molecule has 5 rings (SSSR count). The third kappa shape index (κ3) is 3.86. The average molecular weight is 399 g/mol. The zero-order valence-corrected chi connectivity index (χ0v) is 15.8. The lowest BCUT2D eigenvalue weighted by Crippen LogP contribution is -2.13. The molecular formula is C21H17N7O2. The van der Waals surface area contributed by atoms with Crippen LogP contribution in [-0.4, -0.2) is 35.6 Å². The van der Waals surface area contributed by atoms with E-state index < -0.39 is 0 Å². The predicted octanol–water partition coefficient (Wildman–Crippen LogP) is 3.51. The standard InChI is InChI=1S/C21H17N7O2/c29-21(14-3-1-4-16(9-14)30-17-10-22-12-23-11-17)26-19-6-2-5-18(25-19)20-27-24-13-28(20)15-7-8-15/h1-6,9-13,15H,7-8H2,(H,25,26,29). The fourth-order valence-electron chi connectivity index (χ4n) is 3.04. The van der Waals surface area contributed by atoms with Crippen molar-refractivity contribution >= 4 is 11.7 Å². The van der Waals surface area contributed by atoms with Gasteiger partial charge in [0, 0.05) is 11.6 Å². The van der Waals surface area contributed by atoms with Crippen LogP contribution >= 0.6 is 0 Å². The highest BCUT2D eigenvalue weighted by atomic mass is 16.5. The molecule has 1 aliphatic carbocycles. The quantitative estimate of drug-likeness (QED) is 0.528. The lowest BCUT2D eigenvalue weighted by molar-refractivity contribution is 0.102. The molecule has 1 fully saturated rings. The molecule has 0 unspecified atom stereocenters. The first-order valence-corrected chi connectivity index (χ1v) is 9.47. The van der Waals surface area contributed by atoms with Gasteiger partial charge in [0.2, 0.25) is 0 Å². The van der Waals surface area contributed by atoms with Crippen molar-refractivity contribution in [2.45, 2.75) is 18.9 Å². The summed E-state index contributed by atoms with van der Waals surface area (Å²) < 4.78 is 7.72. The molecule has 9 nitrogen and oxygen atoms in total. The SMILES string of the molecule is O=C(Nc1cccc(-c2nncn2C2CC2)n1)c1cccc(Oc2cncnc2)c1. The molecule has 1 aromatic carbocycles. The summed E-state index contributed by atoms with van der Waals surface area (Å²) in [5.74, 6) is 1.85. The van der Waals surface area contributed by atoms with Gasteiger partial charge >= 0.3 is 0 Å². The molecule has 0 aliphatic heterocycles. The molecule has 3 aromatic heterocycles. The molecule has 0 radical (unpaired) electrons. The number of rotatable bonds is 6. The summed E-state index contributed by atoms with van der Waals surface area (Å²) in [6.45, 7) is 0. The van der Waals surface area contributed by atoms with Crippen LogP contribution in [0.1, 0.15) is 29.2 Å². The maximum absolute atomic E-state index is 12.7. The van der Waals surface area contributed by atoms with Gasteiger partial charge in [-0.25, -0.2) is 15.0 Å². The topological polar surface area (TPSA) is 108 Å². The Morgan fingerprint density at radius 1 is 1.07 bits per heavy atom. The van der Waals surface area contributed by atoms with Crippen molar-refractivity contribution in [1.29, 1.82) is 0 Å². The molecule has 0 atom stereocenters. The fraction of sp³-hybridized carbons (Fsp3) is 0.143. The summed E-state index contributed by atoms with van der Waals surface area (Å²) in [6, 6.07) is 12.7. The Kier molecular flexibility index (Phi) is 4.60. The highest BCUT2D eigenvalue weighted by Crippen LogP contribution is 2.37. The van der Waals surface area contributed by atoms with Crippen LogP contribution in [0.25, 0.3) is 11.5 Å². The molecule has 0 saturated heterocycles. The van der Waals surface area contributed by atoms with Gasteiger partial charge in [-0.05, 0) is 43.2 Å². The summed E-state index contributed by atoms with van der Waals surface area (Å²) in [5, 5.41) is 11.0. The molecule has 1 N–H and O–H groups in total. The number of nitrogens with zero attached hydrogens (tertiary/aromatic N) is 6. The highest BCUT2D eigenvalue weighted by Gasteiger charge is 2.27. The van der Waals surface area contributed by atoms with E-state index in [4.69, 9.17) is 4.74 Å². The van der Waals surface area contributed by atoms with Crippen LogP contribution in [0.2, 0.25) is 0 Å². The Balaban J connectivity index is 1.33. The second kappa shape index (κ2) is 7.70. The molecule has 148 valence electrons. The summed E-state index contributed by atoms with van der Waals surface area (Å²) in [4.78, 5) is 25.1. The van der Waals surface area contributed by atoms with Crippen LogP contribution in [0.5, 0.6) is 11.5 Å². The van der Waals surface area contributed by atoms with E-state index in [1.165, 1.54) is 6.33 Å². The van der Waals surface area contributed by atoms with Crippen molar-refractivity contribution in [2.75, 3.05) is 5.32 Å². The van der Waals surface area contributed by atoms with Crippen LogP contribution in [0.3, 0.4) is 0 Å². The number of ether oxygens (including phenoxy) is 1. The van der Waals surface area contributed by atoms with Gasteiger partial charge < -0.3 is 14.6 Å². The van der Waals surface area contributed by atoms with E-state index in [1.807, 2.05) is 16.7 Å². The zero-order chi connectivity index (χ0) is 20.3. The van der Waals surface area contributed by atoms with Crippen molar-refractivity contribution < 1.29 is 9.53 Å². The fourth-order valence-corrected chi connectivity index (χ4v) is 3.04. The van der Waals surface area contributed by atoms with E-state index in [2.05, 4.69) is 30.5 Å². The van der Waals surface area contributed by atoms with Gasteiger partial charge in [-0.1, -0.05) is 12.1 Å². The molecule has 1 aliphatic rings. The van der Waals surface area contributed by atoms with Crippen LogP contribution in [0.4, 0.5) is 5.82 Å². The Morgan fingerprint density at radius 3 is 2.73 bits per heavy atom. The number of amides is 1. The van der Waals surface area contributed by atoms with Gasteiger partial charge in [-0.2, -0.15) is 0 Å². The molecular weight excluding hydrogens is 382 g/mol. The zero-order valence-electron chi connectivity index (χ0n) is 15.8. The van der Waals surface area contributed by atoms with Gasteiger partial charge in [0.25, 0.3) is 5.91 Å². The van der Waals surface area contributed by atoms with Gasteiger partial charge in [0.1, 0.15) is 29.9 Å². The van der Waals surface area contributed by atoms with Gasteiger partial charge in [-0.3, -0.25) is 4.79 Å². The molecule has 30 heavy (non-hydrogen) atoms. The number of pyridine rings is 1. The summed E-state index contributed by atoms with van der Waals surface area (Å²) in [7, 11) is 0. The molecule has 3 heterocycles. The van der Waals surface area contributed by atoms with E-state index in [1.54, 1.807) is 49.1 Å². The minimum atomic E-state index is -0.293. The maximum Gasteiger partial charge on any atom is 0.256 e. The number of aromatic nitrogens is 6. The van der Waals surface area contributed by atoms with E-state index in [0.717, 1.165) is 12.8 Å². The third-order valence-electron chi connectivity index (χ3n) is 4.60. The van der Waals surface area contributed by atoms with Gasteiger partial charge in [0.15, 0.2) is 11.6 Å². The summed E-state index contributed by atoms with van der Waals surface area (Å²) in [5.41, 5.74) is 1.11. The molecule has 4 aromatic rings. The Morgan fingerprint density at radius 2 is 1.90 bits per heavy atom. The van der Waals surface area contributed by atoms with Crippen molar-refractivity contribution in [1.82, 2.24) is 29.7 Å². The highest BCUT2D eigenvalue weighted by molar-refractivity contribution is 6.04. The summed E-state index contributed by atoms with van der Waals surface area (Å²) >= 11 is 0. The van der Waals surface area contributed by atoms with E-state index >= 15 is 0 Å². The number of benzene rings is 1. The first-order chi connectivity index (χ1) is 14.8. The monoisotopic (exact) mass is 399 g/mol. The minimum absolute atomic E-state index is 0.293. The lowest BCUT2D eigenvalue weighted by Gasteiger charge is -2.09. The van der Waals surface area contributed by atoms with Crippen LogP contribution in [0, 0.1) is 0 Å². The largest absolute Gasteiger partial charge is 0.454 e. The van der Waals surface area contributed by atoms with E-state index in [0.29, 0.717) is 40.4 Å². The first kappa shape index (κ1) is 17.9. The number of hydrogen-bond donors (Lipinski definition) is 1. The van der Waals surface area contributed by atoms with E-state index in [-0.39, 0.29) is 5.91 Å². The second-order valence-corrected chi connectivity index (χ2v) is 6.86. The number of carbonyl (C=O) groups excluding carboxylic acids is 1. The van der Waals surface area contributed by atoms with Crippen LogP contribution in [-0.2, 0) is 0 Å². The van der Waals surface area contributed by atoms with Gasteiger partial charge in [-0.15, -0.1) is 10.2 Å². The molecule has 1 saturated carbocycles. The van der Waals surface area contributed by atoms with Gasteiger partial charge in [0.05, 0.1) is 12.4 Å². The summed E-state index contributed by atoms with van der Waals surface area (Å²) in [6.07, 6.45) is 8.49. The lowest BCUT2D eigenvalue weighted by atomic mass is 10.2. The predicted molar refractivity (Wildman–Crippen MR) is 108 cm³/mol.